The zero-order valence-electron chi connectivity index (χ0n) is 14.3. The lowest BCUT2D eigenvalue weighted by Gasteiger charge is -2.12. The van der Waals surface area contributed by atoms with E-state index >= 15 is 0 Å². The van der Waals surface area contributed by atoms with Gasteiger partial charge < -0.3 is 9.94 Å². The molecule has 2 heterocycles. The monoisotopic (exact) mass is 433 g/mol. The third kappa shape index (κ3) is 4.85. The number of sulfone groups is 1. The Hall–Kier alpha value is -2.51. The van der Waals surface area contributed by atoms with Crippen LogP contribution in [0, 0.1) is 12.1 Å². The maximum absolute atomic E-state index is 13.2. The number of ether oxygens (including phenoxy) is 1. The van der Waals surface area contributed by atoms with Crippen molar-refractivity contribution in [3.05, 3.63) is 40.4 Å². The van der Waals surface area contributed by atoms with Gasteiger partial charge in [0.25, 0.3) is 0 Å². The predicted octanol–water partition coefficient (Wildman–Crippen LogP) is 2.30. The second kappa shape index (κ2) is 7.14. The predicted molar refractivity (Wildman–Crippen MR) is 80.8 cm³/mol. The van der Waals surface area contributed by atoms with Crippen molar-refractivity contribution in [2.75, 3.05) is 6.61 Å². The molecule has 28 heavy (non-hydrogen) atoms. The Morgan fingerprint density at radius 2 is 1.86 bits per heavy atom. The van der Waals surface area contributed by atoms with Crippen molar-refractivity contribution in [3.8, 4) is 5.88 Å². The molecule has 0 saturated heterocycles. The van der Waals surface area contributed by atoms with E-state index < -0.39 is 56.7 Å². The summed E-state index contributed by atoms with van der Waals surface area (Å²) in [5.41, 5.74) is -2.51. The number of aryl methyl sites for hydroxylation is 2. The summed E-state index contributed by atoms with van der Waals surface area (Å²) in [6.45, 7) is -0.509. The van der Waals surface area contributed by atoms with Gasteiger partial charge in [-0.2, -0.15) is 36.2 Å². The summed E-state index contributed by atoms with van der Waals surface area (Å²) in [6.07, 6.45) is -9.20. The van der Waals surface area contributed by atoms with Crippen LogP contribution >= 0.6 is 0 Å². The molecule has 0 aliphatic heterocycles. The number of alkyl halides is 6. The quantitative estimate of drug-likeness (QED) is 0.410. The van der Waals surface area contributed by atoms with E-state index in [4.69, 9.17) is 0 Å². The SMILES string of the molecule is Cc1cc[n+]([O-])c(S(=O)(=O)Cc2c(C(F)(F)F)nn(C)c2OCC(F)(F)F)c1. The largest absolute Gasteiger partial charge is 0.618 e. The molecule has 2 rings (SSSR count). The third-order valence-corrected chi connectivity index (χ3v) is 5.03. The summed E-state index contributed by atoms with van der Waals surface area (Å²) in [5.74, 6) is -2.45. The first kappa shape index (κ1) is 21.8. The van der Waals surface area contributed by atoms with E-state index in [2.05, 4.69) is 9.84 Å². The van der Waals surface area contributed by atoms with Crippen LogP contribution in [0.1, 0.15) is 16.8 Å². The van der Waals surface area contributed by atoms with Gasteiger partial charge in [0.15, 0.2) is 18.5 Å². The Morgan fingerprint density at radius 1 is 1.25 bits per heavy atom. The summed E-state index contributed by atoms with van der Waals surface area (Å²) >= 11 is 0. The van der Waals surface area contributed by atoms with Crippen molar-refractivity contribution in [3.63, 3.8) is 0 Å². The molecule has 156 valence electrons. The Morgan fingerprint density at radius 3 is 2.39 bits per heavy atom. The zero-order chi connectivity index (χ0) is 21.5. The van der Waals surface area contributed by atoms with Crippen LogP contribution in [0.3, 0.4) is 0 Å². The molecule has 0 atom stereocenters. The number of rotatable bonds is 5. The van der Waals surface area contributed by atoms with Gasteiger partial charge in [-0.1, -0.05) is 0 Å². The van der Waals surface area contributed by atoms with Crippen LogP contribution in [-0.4, -0.2) is 31.0 Å². The van der Waals surface area contributed by atoms with Crippen LogP contribution in [-0.2, 0) is 28.8 Å². The van der Waals surface area contributed by atoms with Gasteiger partial charge in [0.1, 0.15) is 0 Å². The second-order valence-electron chi connectivity index (χ2n) is 5.78. The molecule has 0 aliphatic carbocycles. The fraction of sp³-hybridized carbons (Fsp3) is 0.429. The highest BCUT2D eigenvalue weighted by molar-refractivity contribution is 7.90. The highest BCUT2D eigenvalue weighted by Crippen LogP contribution is 2.37. The Labute approximate surface area is 154 Å². The van der Waals surface area contributed by atoms with Gasteiger partial charge in [0, 0.05) is 19.2 Å². The molecule has 0 N–H and O–H groups in total. The van der Waals surface area contributed by atoms with E-state index in [0.29, 0.717) is 10.2 Å². The van der Waals surface area contributed by atoms with Crippen LogP contribution in [0.2, 0.25) is 0 Å². The molecule has 0 aromatic carbocycles. The number of pyridine rings is 1. The molecule has 0 saturated carbocycles. The first-order valence-corrected chi connectivity index (χ1v) is 9.02. The first-order valence-electron chi connectivity index (χ1n) is 7.37. The first-order chi connectivity index (χ1) is 12.6. The van der Waals surface area contributed by atoms with Gasteiger partial charge in [0.2, 0.25) is 15.7 Å². The molecule has 0 radical (unpaired) electrons. The minimum Gasteiger partial charge on any atom is -0.618 e. The lowest BCUT2D eigenvalue weighted by Crippen LogP contribution is -2.34. The van der Waals surface area contributed by atoms with Crippen molar-refractivity contribution in [2.24, 2.45) is 7.05 Å². The minimum absolute atomic E-state index is 0.0673. The normalized spacial score (nSPS) is 13.0. The topological polar surface area (TPSA) is 88.1 Å². The molecule has 0 amide bonds. The average molecular weight is 433 g/mol. The van der Waals surface area contributed by atoms with E-state index in [-0.39, 0.29) is 4.73 Å². The van der Waals surface area contributed by atoms with Gasteiger partial charge in [-0.25, -0.2) is 13.1 Å². The van der Waals surface area contributed by atoms with Crippen LogP contribution < -0.4 is 9.47 Å². The zero-order valence-corrected chi connectivity index (χ0v) is 15.1. The molecule has 14 heteroatoms. The van der Waals surface area contributed by atoms with Crippen molar-refractivity contribution < 1.29 is 44.2 Å². The van der Waals surface area contributed by atoms with Crippen molar-refractivity contribution >= 4 is 9.84 Å². The lowest BCUT2D eigenvalue weighted by molar-refractivity contribution is -0.646. The van der Waals surface area contributed by atoms with E-state index in [9.17, 15) is 40.0 Å². The van der Waals surface area contributed by atoms with E-state index in [1.807, 2.05) is 0 Å². The molecule has 0 fully saturated rings. The number of aromatic nitrogens is 3. The van der Waals surface area contributed by atoms with Crippen LogP contribution in [0.15, 0.2) is 23.4 Å². The Kier molecular flexibility index (Phi) is 5.56. The number of nitrogens with zero attached hydrogens (tertiary/aromatic N) is 3. The fourth-order valence-corrected chi connectivity index (χ4v) is 3.79. The minimum atomic E-state index is -5.16. The van der Waals surface area contributed by atoms with E-state index in [1.165, 1.54) is 13.0 Å². The smallest absolute Gasteiger partial charge is 0.435 e. The summed E-state index contributed by atoms with van der Waals surface area (Å²) < 4.78 is 107. The molecule has 0 aliphatic rings. The van der Waals surface area contributed by atoms with Crippen molar-refractivity contribution in [1.29, 1.82) is 0 Å². The maximum Gasteiger partial charge on any atom is 0.435 e. The summed E-state index contributed by atoms with van der Waals surface area (Å²) in [5, 5.41) is 13.9. The molecular weight excluding hydrogens is 420 g/mol. The number of hydrogen-bond acceptors (Lipinski definition) is 5. The second-order valence-corrected chi connectivity index (χ2v) is 7.72. The number of hydrogen-bond donors (Lipinski definition) is 0. The van der Waals surface area contributed by atoms with Crippen molar-refractivity contribution in [2.45, 2.75) is 30.1 Å². The molecule has 7 nitrogen and oxygen atoms in total. The standard InChI is InChI=1S/C14H13F6N3O4S/c1-8-3-4-23(24)10(5-8)28(25,26)6-9-11(14(18,19)20)21-22(2)12(9)27-7-13(15,16)17/h3-5H,6-7H2,1-2H3. The molecule has 0 unspecified atom stereocenters. The van der Waals surface area contributed by atoms with E-state index in [1.54, 1.807) is 0 Å². The van der Waals surface area contributed by atoms with Crippen LogP contribution in [0.4, 0.5) is 26.3 Å². The Balaban J connectivity index is 2.57. The maximum atomic E-state index is 13.2. The highest BCUT2D eigenvalue weighted by Gasteiger charge is 2.42. The third-order valence-electron chi connectivity index (χ3n) is 3.42. The van der Waals surface area contributed by atoms with E-state index in [0.717, 1.165) is 19.3 Å². The van der Waals surface area contributed by atoms with Crippen LogP contribution in [0.25, 0.3) is 0 Å². The van der Waals surface area contributed by atoms with Crippen molar-refractivity contribution in [1.82, 2.24) is 9.78 Å². The lowest BCUT2D eigenvalue weighted by atomic mass is 10.2. The molecule has 0 bridgehead atoms. The number of halogens is 6. The molecule has 2 aromatic rings. The summed E-state index contributed by atoms with van der Waals surface area (Å²) in [6, 6.07) is 2.21. The Bertz CT molecular complexity index is 982. The van der Waals surface area contributed by atoms with Gasteiger partial charge in [0.05, 0.1) is 11.3 Å². The highest BCUT2D eigenvalue weighted by atomic mass is 32.2. The molecule has 0 spiro atoms. The van der Waals surface area contributed by atoms with Crippen LogP contribution in [0.5, 0.6) is 5.88 Å². The summed E-state index contributed by atoms with van der Waals surface area (Å²) in [4.78, 5) is 0. The molecular formula is C14H13F6N3O4S. The van der Waals surface area contributed by atoms with Gasteiger partial charge in [-0.05, 0) is 12.5 Å². The van der Waals surface area contributed by atoms with Gasteiger partial charge >= 0.3 is 17.4 Å². The summed E-state index contributed by atoms with van der Waals surface area (Å²) in [7, 11) is -3.80. The van der Waals surface area contributed by atoms with Gasteiger partial charge in [-0.3, -0.25) is 0 Å². The molecule has 2 aromatic heterocycles. The fourth-order valence-electron chi connectivity index (χ4n) is 2.30. The van der Waals surface area contributed by atoms with Gasteiger partial charge in [-0.15, -0.1) is 0 Å². The average Bonchev–Trinajstić information content (AvgIpc) is 2.82.